The molecule has 0 spiro atoms. The number of thiophene rings is 2. The Morgan fingerprint density at radius 2 is 0.935 bits per heavy atom. The molecule has 0 saturated carbocycles. The van der Waals surface area contributed by atoms with Gasteiger partial charge < -0.3 is 9.80 Å². The van der Waals surface area contributed by atoms with Crippen LogP contribution in [0, 0.1) is 0 Å². The predicted octanol–water partition coefficient (Wildman–Crippen LogP) is 7.43. The van der Waals surface area contributed by atoms with E-state index in [0.29, 0.717) is 11.9 Å². The largest absolute Gasteiger partial charge is 0.337 e. The third-order valence-corrected chi connectivity index (χ3v) is 11.9. The zero-order valence-electron chi connectivity index (χ0n) is 28.2. The summed E-state index contributed by atoms with van der Waals surface area (Å²) in [5, 5.41) is 1.53. The minimum absolute atomic E-state index is 0.0148. The van der Waals surface area contributed by atoms with Gasteiger partial charge in [-0.1, -0.05) is 0 Å². The molecule has 5 aromatic rings. The van der Waals surface area contributed by atoms with Gasteiger partial charge in [0.2, 0.25) is 11.9 Å². The molecule has 10 heteroatoms. The molecule has 8 nitrogen and oxygen atoms in total. The molecule has 2 aliphatic carbocycles. The van der Waals surface area contributed by atoms with Crippen LogP contribution in [0.2, 0.25) is 0 Å². The average molecular weight is 657 g/mol. The summed E-state index contributed by atoms with van der Waals surface area (Å²) in [6.07, 6.45) is 6.07. The second-order valence-corrected chi connectivity index (χ2v) is 16.1. The van der Waals surface area contributed by atoms with Gasteiger partial charge in [-0.25, -0.2) is 19.1 Å². The summed E-state index contributed by atoms with van der Waals surface area (Å²) in [5.74, 6) is 1.33. The van der Waals surface area contributed by atoms with Crippen molar-refractivity contribution in [3.05, 3.63) is 65.9 Å². The van der Waals surface area contributed by atoms with E-state index < -0.39 is 0 Å². The van der Waals surface area contributed by atoms with Gasteiger partial charge in [-0.05, 0) is 129 Å². The van der Waals surface area contributed by atoms with Crippen LogP contribution in [-0.2, 0) is 25.7 Å². The van der Waals surface area contributed by atoms with Crippen LogP contribution in [0.15, 0.2) is 33.9 Å². The van der Waals surface area contributed by atoms with Crippen LogP contribution < -0.4 is 20.9 Å². The molecule has 4 heterocycles. The molecule has 0 N–H and O–H groups in total. The van der Waals surface area contributed by atoms with Gasteiger partial charge in [0.1, 0.15) is 9.66 Å². The molecular weight excluding hydrogens is 613 g/mol. The zero-order valence-corrected chi connectivity index (χ0v) is 29.8. The van der Waals surface area contributed by atoms with E-state index in [1.807, 2.05) is 24.3 Å². The monoisotopic (exact) mass is 656 g/mol. The van der Waals surface area contributed by atoms with Crippen molar-refractivity contribution in [1.82, 2.24) is 19.1 Å². The molecule has 0 atom stereocenters. The first-order valence-electron chi connectivity index (χ1n) is 16.8. The third kappa shape index (κ3) is 4.82. The second kappa shape index (κ2) is 11.6. The Morgan fingerprint density at radius 3 is 1.26 bits per heavy atom. The number of nitrogens with zero attached hydrogens (tertiary/aromatic N) is 6. The van der Waals surface area contributed by atoms with Crippen molar-refractivity contribution in [1.29, 1.82) is 0 Å². The summed E-state index contributed by atoms with van der Waals surface area (Å²) in [6, 6.07) is 8.44. The minimum atomic E-state index is -0.0148. The minimum Gasteiger partial charge on any atom is -0.337 e. The lowest BCUT2D eigenvalue weighted by atomic mass is 10.2. The van der Waals surface area contributed by atoms with Crippen LogP contribution in [0.5, 0.6) is 0 Å². The Kier molecular flexibility index (Phi) is 7.87. The highest BCUT2D eigenvalue weighted by Crippen LogP contribution is 2.38. The molecule has 46 heavy (non-hydrogen) atoms. The molecule has 242 valence electrons. The smallest absolute Gasteiger partial charge is 0.268 e. The summed E-state index contributed by atoms with van der Waals surface area (Å²) >= 11 is 3.36. The number of fused-ring (bicyclic) bond motifs is 6. The van der Waals surface area contributed by atoms with Crippen molar-refractivity contribution in [2.75, 3.05) is 9.80 Å². The maximum absolute atomic E-state index is 14.5. The van der Waals surface area contributed by atoms with Crippen molar-refractivity contribution in [2.24, 2.45) is 0 Å². The Morgan fingerprint density at radius 1 is 0.587 bits per heavy atom. The molecule has 0 bridgehead atoms. The Labute approximate surface area is 278 Å². The van der Waals surface area contributed by atoms with Crippen LogP contribution in [0.4, 0.5) is 11.9 Å². The quantitative estimate of drug-likeness (QED) is 0.173. The number of aromatic nitrogens is 4. The van der Waals surface area contributed by atoms with E-state index in [1.165, 1.54) is 20.9 Å². The maximum atomic E-state index is 14.5. The van der Waals surface area contributed by atoms with Crippen molar-refractivity contribution in [3.8, 4) is 11.4 Å². The van der Waals surface area contributed by atoms with Crippen LogP contribution in [0.1, 0.15) is 89.1 Å². The van der Waals surface area contributed by atoms with Gasteiger partial charge in [0.05, 0.1) is 22.1 Å². The van der Waals surface area contributed by atoms with Crippen molar-refractivity contribution < 1.29 is 0 Å². The Balaban J connectivity index is 1.45. The first-order chi connectivity index (χ1) is 22.0. The summed E-state index contributed by atoms with van der Waals surface area (Å²) in [6.45, 7) is 17.2. The maximum Gasteiger partial charge on any atom is 0.268 e. The van der Waals surface area contributed by atoms with Crippen molar-refractivity contribution in [2.45, 2.75) is 118 Å². The van der Waals surface area contributed by atoms with Crippen LogP contribution in [0.25, 0.3) is 31.8 Å². The highest BCUT2D eigenvalue weighted by molar-refractivity contribution is 7.19. The second-order valence-electron chi connectivity index (χ2n) is 13.9. The summed E-state index contributed by atoms with van der Waals surface area (Å²) < 4.78 is 3.59. The van der Waals surface area contributed by atoms with E-state index in [4.69, 9.17) is 9.97 Å². The van der Waals surface area contributed by atoms with E-state index in [-0.39, 0.29) is 35.3 Å². The number of aryl methyl sites for hydroxylation is 4. The Hall–Kier alpha value is -3.50. The highest BCUT2D eigenvalue weighted by atomic mass is 32.1. The molecule has 2 aliphatic rings. The summed E-state index contributed by atoms with van der Waals surface area (Å²) in [4.78, 5) is 48.1. The molecule has 0 amide bonds. The number of anilines is 2. The molecule has 0 radical (unpaired) electrons. The van der Waals surface area contributed by atoms with Gasteiger partial charge in [0.25, 0.3) is 11.1 Å². The first-order valence-corrected chi connectivity index (χ1v) is 18.4. The highest BCUT2D eigenvalue weighted by Gasteiger charge is 2.30. The van der Waals surface area contributed by atoms with E-state index in [1.54, 1.807) is 31.8 Å². The van der Waals surface area contributed by atoms with Crippen LogP contribution >= 0.6 is 22.7 Å². The van der Waals surface area contributed by atoms with Crippen LogP contribution in [-0.4, -0.2) is 43.3 Å². The summed E-state index contributed by atoms with van der Waals surface area (Å²) in [5.41, 5.74) is 3.81. The normalized spacial score (nSPS) is 14.5. The van der Waals surface area contributed by atoms with Gasteiger partial charge in [0, 0.05) is 33.9 Å². The van der Waals surface area contributed by atoms with Crippen molar-refractivity contribution >= 4 is 55.0 Å². The molecule has 7 rings (SSSR count). The lowest BCUT2D eigenvalue weighted by Gasteiger charge is -2.34. The number of hydrogen-bond acceptors (Lipinski definition) is 8. The lowest BCUT2D eigenvalue weighted by molar-refractivity contribution is 0.582. The standard InChI is InChI=1S/C36H44N6O2S2/c1-19(2)39(20(3)4)35-37-31-29(25-11-9-13-27(25)45-31)33(43)41(35)23-15-17-24(18-16-23)42-34(44)30-26-12-10-14-28(26)46-32(30)38-36(42)40(21(5)6)22(7)8/h15-22H,9-14H2,1-8H3. The van der Waals surface area contributed by atoms with Gasteiger partial charge in [-0.15, -0.1) is 22.7 Å². The van der Waals surface area contributed by atoms with Crippen molar-refractivity contribution in [3.63, 3.8) is 0 Å². The lowest BCUT2D eigenvalue weighted by Crippen LogP contribution is -2.42. The van der Waals surface area contributed by atoms with E-state index >= 15 is 0 Å². The molecule has 0 saturated heterocycles. The zero-order chi connectivity index (χ0) is 32.6. The fraction of sp³-hybridized carbons (Fsp3) is 0.500. The summed E-state index contributed by atoms with van der Waals surface area (Å²) in [7, 11) is 0. The van der Waals surface area contributed by atoms with E-state index in [2.05, 4.69) is 65.2 Å². The number of rotatable bonds is 8. The molecule has 1 aromatic carbocycles. The van der Waals surface area contributed by atoms with E-state index in [9.17, 15) is 9.59 Å². The first kappa shape index (κ1) is 31.1. The predicted molar refractivity (Wildman–Crippen MR) is 194 cm³/mol. The third-order valence-electron chi connectivity index (χ3n) is 9.50. The fourth-order valence-electron chi connectivity index (χ4n) is 7.74. The van der Waals surface area contributed by atoms with Gasteiger partial charge in [-0.3, -0.25) is 9.59 Å². The molecule has 0 fully saturated rings. The van der Waals surface area contributed by atoms with Gasteiger partial charge in [0.15, 0.2) is 0 Å². The molecule has 0 aliphatic heterocycles. The molecule has 0 unspecified atom stereocenters. The van der Waals surface area contributed by atoms with Crippen LogP contribution in [0.3, 0.4) is 0 Å². The average Bonchev–Trinajstić information content (AvgIpc) is 3.74. The fourth-order valence-corrected chi connectivity index (χ4v) is 10.2. The number of hydrogen-bond donors (Lipinski definition) is 0. The molecule has 4 aromatic heterocycles. The Bertz CT molecular complexity index is 1920. The SMILES string of the molecule is CC(C)N(c1nc2sc3c(c2c(=O)n1-c1ccc(-n2c(N(C(C)C)C(C)C)nc4sc5c(c4c2=O)CCC5)cc1)CCC3)C(C)C. The van der Waals surface area contributed by atoms with E-state index in [0.717, 1.165) is 70.3 Å². The topological polar surface area (TPSA) is 76.3 Å². The van der Waals surface area contributed by atoms with Gasteiger partial charge in [-0.2, -0.15) is 0 Å². The number of benzene rings is 1. The molecular formula is C36H44N6O2S2. The van der Waals surface area contributed by atoms with Gasteiger partial charge >= 0.3 is 0 Å².